The van der Waals surface area contributed by atoms with Crippen LogP contribution in [0.2, 0.25) is 0 Å². The predicted molar refractivity (Wildman–Crippen MR) is 88.0 cm³/mol. The van der Waals surface area contributed by atoms with Crippen LogP contribution in [0.5, 0.6) is 5.75 Å². The molecular weight excluding hydrogens is 276 g/mol. The zero-order chi connectivity index (χ0) is 15.8. The second-order valence-electron chi connectivity index (χ2n) is 5.10. The first-order valence-corrected chi connectivity index (χ1v) is 7.31. The average Bonchev–Trinajstić information content (AvgIpc) is 2.57. The van der Waals surface area contributed by atoms with Gasteiger partial charge in [-0.05, 0) is 23.3 Å². The quantitative estimate of drug-likeness (QED) is 0.758. The zero-order valence-corrected chi connectivity index (χ0v) is 12.8. The minimum Gasteiger partial charge on any atom is -0.497 e. The Balaban J connectivity index is 1.90. The number of hydrogen-bond acceptors (Lipinski definition) is 3. The molecule has 0 amide bonds. The normalized spacial score (nSPS) is 13.4. The van der Waals surface area contributed by atoms with Crippen LogP contribution >= 0.6 is 0 Å². The number of hydrogen-bond donors (Lipinski definition) is 1. The molecule has 1 N–H and O–H groups in total. The molecule has 2 atom stereocenters. The minimum atomic E-state index is -0.630. The molecule has 0 saturated heterocycles. The Morgan fingerprint density at radius 2 is 1.77 bits per heavy atom. The van der Waals surface area contributed by atoms with Crippen LogP contribution in [0.1, 0.15) is 17.0 Å². The SMILES string of the molecule is C=CC(c1ccc(OC)cc1)C(O)COCc1ccccc1. The molecule has 0 spiro atoms. The second-order valence-corrected chi connectivity index (χ2v) is 5.10. The smallest absolute Gasteiger partial charge is 0.118 e. The van der Waals surface area contributed by atoms with Gasteiger partial charge >= 0.3 is 0 Å². The van der Waals surface area contributed by atoms with Crippen molar-refractivity contribution >= 4 is 0 Å². The summed E-state index contributed by atoms with van der Waals surface area (Å²) >= 11 is 0. The van der Waals surface area contributed by atoms with Crippen molar-refractivity contribution in [1.82, 2.24) is 0 Å². The van der Waals surface area contributed by atoms with Crippen LogP contribution < -0.4 is 4.74 Å². The van der Waals surface area contributed by atoms with E-state index in [1.165, 1.54) is 0 Å². The second kappa shape index (κ2) is 8.37. The van der Waals surface area contributed by atoms with Crippen molar-refractivity contribution in [3.8, 4) is 5.75 Å². The minimum absolute atomic E-state index is 0.165. The molecule has 0 radical (unpaired) electrons. The molecule has 0 aromatic heterocycles. The van der Waals surface area contributed by atoms with E-state index in [1.807, 2.05) is 54.6 Å². The molecule has 3 heteroatoms. The van der Waals surface area contributed by atoms with Gasteiger partial charge in [-0.3, -0.25) is 0 Å². The van der Waals surface area contributed by atoms with Crippen LogP contribution in [0.4, 0.5) is 0 Å². The summed E-state index contributed by atoms with van der Waals surface area (Å²) in [5.41, 5.74) is 2.08. The van der Waals surface area contributed by atoms with Gasteiger partial charge in [0, 0.05) is 5.92 Å². The van der Waals surface area contributed by atoms with Crippen molar-refractivity contribution in [3.05, 3.63) is 78.4 Å². The number of benzene rings is 2. The highest BCUT2D eigenvalue weighted by atomic mass is 16.5. The molecule has 2 unspecified atom stereocenters. The summed E-state index contributed by atoms with van der Waals surface area (Å²) in [7, 11) is 1.63. The number of rotatable bonds is 8. The molecule has 0 aliphatic rings. The molecule has 0 fully saturated rings. The Bertz CT molecular complexity index is 563. The molecule has 22 heavy (non-hydrogen) atoms. The fourth-order valence-corrected chi connectivity index (χ4v) is 2.32. The van der Waals surface area contributed by atoms with E-state index >= 15 is 0 Å². The number of aliphatic hydroxyl groups excluding tert-OH is 1. The van der Waals surface area contributed by atoms with E-state index in [4.69, 9.17) is 9.47 Å². The molecule has 0 bridgehead atoms. The predicted octanol–water partition coefficient (Wildman–Crippen LogP) is 3.54. The highest BCUT2D eigenvalue weighted by molar-refractivity contribution is 5.32. The van der Waals surface area contributed by atoms with Crippen molar-refractivity contribution in [1.29, 1.82) is 0 Å². The van der Waals surface area contributed by atoms with Crippen LogP contribution in [-0.4, -0.2) is 24.9 Å². The van der Waals surface area contributed by atoms with E-state index in [-0.39, 0.29) is 12.5 Å². The summed E-state index contributed by atoms with van der Waals surface area (Å²) in [4.78, 5) is 0. The van der Waals surface area contributed by atoms with Gasteiger partial charge in [0.15, 0.2) is 0 Å². The summed E-state index contributed by atoms with van der Waals surface area (Å²) in [6.45, 7) is 4.57. The lowest BCUT2D eigenvalue weighted by Crippen LogP contribution is -2.22. The van der Waals surface area contributed by atoms with Gasteiger partial charge in [0.05, 0.1) is 26.4 Å². The summed E-state index contributed by atoms with van der Waals surface area (Å²) in [6.07, 6.45) is 1.12. The fourth-order valence-electron chi connectivity index (χ4n) is 2.32. The lowest BCUT2D eigenvalue weighted by molar-refractivity contribution is 0.0218. The number of methoxy groups -OCH3 is 1. The molecule has 2 aromatic carbocycles. The Labute approximate surface area is 131 Å². The van der Waals surface area contributed by atoms with Crippen LogP contribution in [0.3, 0.4) is 0 Å². The van der Waals surface area contributed by atoms with Gasteiger partial charge in [0.2, 0.25) is 0 Å². The lowest BCUT2D eigenvalue weighted by Gasteiger charge is -2.20. The molecule has 0 heterocycles. The highest BCUT2D eigenvalue weighted by Crippen LogP contribution is 2.24. The monoisotopic (exact) mass is 298 g/mol. The Kier molecular flexibility index (Phi) is 6.19. The third-order valence-corrected chi connectivity index (χ3v) is 3.57. The maximum Gasteiger partial charge on any atom is 0.118 e. The standard InChI is InChI=1S/C19H22O3/c1-3-18(16-9-11-17(21-2)12-10-16)19(20)14-22-13-15-7-5-4-6-8-15/h3-12,18-20H,1,13-14H2,2H3. The largest absolute Gasteiger partial charge is 0.497 e. The maximum atomic E-state index is 10.3. The van der Waals surface area contributed by atoms with E-state index < -0.39 is 6.10 Å². The molecule has 0 aliphatic carbocycles. The van der Waals surface area contributed by atoms with Gasteiger partial charge in [-0.1, -0.05) is 48.5 Å². The fraction of sp³-hybridized carbons (Fsp3) is 0.263. The molecule has 0 saturated carbocycles. The maximum absolute atomic E-state index is 10.3. The first kappa shape index (κ1) is 16.3. The van der Waals surface area contributed by atoms with Crippen LogP contribution in [0.15, 0.2) is 67.3 Å². The van der Waals surface area contributed by atoms with E-state index in [9.17, 15) is 5.11 Å². The molecule has 3 nitrogen and oxygen atoms in total. The van der Waals surface area contributed by atoms with Gasteiger partial charge in [0.25, 0.3) is 0 Å². The lowest BCUT2D eigenvalue weighted by atomic mass is 9.94. The summed E-state index contributed by atoms with van der Waals surface area (Å²) in [5.74, 6) is 0.628. The summed E-state index contributed by atoms with van der Waals surface area (Å²) < 4.78 is 10.8. The van der Waals surface area contributed by atoms with Crippen molar-refractivity contribution in [2.45, 2.75) is 18.6 Å². The highest BCUT2D eigenvalue weighted by Gasteiger charge is 2.18. The Hall–Kier alpha value is -2.10. The van der Waals surface area contributed by atoms with E-state index in [0.29, 0.717) is 6.61 Å². The average molecular weight is 298 g/mol. The van der Waals surface area contributed by atoms with Gasteiger partial charge in [-0.25, -0.2) is 0 Å². The van der Waals surface area contributed by atoms with Gasteiger partial charge in [-0.2, -0.15) is 0 Å². The van der Waals surface area contributed by atoms with E-state index in [2.05, 4.69) is 6.58 Å². The number of aliphatic hydroxyl groups is 1. The zero-order valence-electron chi connectivity index (χ0n) is 12.8. The third-order valence-electron chi connectivity index (χ3n) is 3.57. The van der Waals surface area contributed by atoms with Crippen LogP contribution in [0.25, 0.3) is 0 Å². The Morgan fingerprint density at radius 1 is 1.09 bits per heavy atom. The summed E-state index contributed by atoms with van der Waals surface area (Å²) in [5, 5.41) is 10.3. The molecule has 0 aliphatic heterocycles. The molecular formula is C19H22O3. The first-order chi connectivity index (χ1) is 10.7. The van der Waals surface area contributed by atoms with Crippen molar-refractivity contribution in [3.63, 3.8) is 0 Å². The third kappa shape index (κ3) is 4.45. The topological polar surface area (TPSA) is 38.7 Å². The first-order valence-electron chi connectivity index (χ1n) is 7.31. The van der Waals surface area contributed by atoms with Crippen molar-refractivity contribution in [2.75, 3.05) is 13.7 Å². The van der Waals surface area contributed by atoms with Gasteiger partial charge in [-0.15, -0.1) is 6.58 Å². The van der Waals surface area contributed by atoms with Crippen LogP contribution in [0, 0.1) is 0 Å². The Morgan fingerprint density at radius 3 is 2.36 bits per heavy atom. The van der Waals surface area contributed by atoms with Crippen molar-refractivity contribution in [2.24, 2.45) is 0 Å². The van der Waals surface area contributed by atoms with E-state index in [1.54, 1.807) is 13.2 Å². The van der Waals surface area contributed by atoms with Crippen LogP contribution in [-0.2, 0) is 11.3 Å². The van der Waals surface area contributed by atoms with Gasteiger partial charge < -0.3 is 14.6 Å². The van der Waals surface area contributed by atoms with E-state index in [0.717, 1.165) is 16.9 Å². The molecule has 2 aromatic rings. The van der Waals surface area contributed by atoms with Gasteiger partial charge in [0.1, 0.15) is 5.75 Å². The molecule has 116 valence electrons. The van der Waals surface area contributed by atoms with Crippen molar-refractivity contribution < 1.29 is 14.6 Å². The summed E-state index contributed by atoms with van der Waals surface area (Å²) in [6, 6.07) is 17.5. The molecule has 2 rings (SSSR count). The number of ether oxygens (including phenoxy) is 2.